The molecule has 0 aromatic carbocycles. The molecule has 5 nitrogen and oxygen atoms in total. The second-order valence-corrected chi connectivity index (χ2v) is 8.77. The number of piperidine rings is 1. The van der Waals surface area contributed by atoms with Crippen LogP contribution in [0, 0.1) is 11.3 Å². The van der Waals surface area contributed by atoms with Crippen molar-refractivity contribution in [3.05, 3.63) is 0 Å². The highest BCUT2D eigenvalue weighted by atomic mass is 16.6. The molecule has 0 radical (unpaired) electrons. The van der Waals surface area contributed by atoms with Crippen molar-refractivity contribution in [2.24, 2.45) is 11.3 Å². The third-order valence-electron chi connectivity index (χ3n) is 5.58. The van der Waals surface area contributed by atoms with E-state index in [1.54, 1.807) is 0 Å². The SMILES string of the molecule is CC.CC.CCOC(=O)CCCC1CCC2(CCN(C(=O)OC(C)(C)C)CC2)C1. The maximum atomic E-state index is 12.2. The highest BCUT2D eigenvalue weighted by Crippen LogP contribution is 2.50. The molecular weight excluding hydrogens is 366 g/mol. The molecule has 1 amide bonds. The number of nitrogens with zero attached hydrogens (tertiary/aromatic N) is 1. The summed E-state index contributed by atoms with van der Waals surface area (Å²) in [4.78, 5) is 25.5. The van der Waals surface area contributed by atoms with Gasteiger partial charge in [-0.3, -0.25) is 4.79 Å². The first-order valence-corrected chi connectivity index (χ1v) is 11.9. The lowest BCUT2D eigenvalue weighted by molar-refractivity contribution is -0.143. The number of esters is 1. The fraction of sp³-hybridized carbons (Fsp3) is 0.917. The fourth-order valence-corrected chi connectivity index (χ4v) is 4.29. The molecule has 29 heavy (non-hydrogen) atoms. The monoisotopic (exact) mass is 413 g/mol. The number of carbonyl (C=O) groups excluding carboxylic acids is 2. The summed E-state index contributed by atoms with van der Waals surface area (Å²) in [6.07, 6.45) is 8.36. The van der Waals surface area contributed by atoms with E-state index in [1.807, 2.05) is 60.3 Å². The van der Waals surface area contributed by atoms with E-state index >= 15 is 0 Å². The lowest BCUT2D eigenvalue weighted by Gasteiger charge is -2.40. The van der Waals surface area contributed by atoms with E-state index in [0.717, 1.165) is 44.7 Å². The number of ether oxygens (including phenoxy) is 2. The molecule has 5 heteroatoms. The zero-order chi connectivity index (χ0) is 22.5. The van der Waals surface area contributed by atoms with E-state index in [4.69, 9.17) is 9.47 Å². The maximum Gasteiger partial charge on any atom is 0.410 e. The zero-order valence-electron chi connectivity index (χ0n) is 20.4. The van der Waals surface area contributed by atoms with E-state index in [1.165, 1.54) is 19.3 Å². The van der Waals surface area contributed by atoms with Crippen molar-refractivity contribution in [1.29, 1.82) is 0 Å². The topological polar surface area (TPSA) is 55.8 Å². The zero-order valence-corrected chi connectivity index (χ0v) is 20.4. The van der Waals surface area contributed by atoms with E-state index in [9.17, 15) is 9.59 Å². The molecule has 1 aliphatic carbocycles. The van der Waals surface area contributed by atoms with Gasteiger partial charge in [0.25, 0.3) is 0 Å². The molecule has 1 spiro atoms. The summed E-state index contributed by atoms with van der Waals surface area (Å²) in [6, 6.07) is 0. The molecular formula is C24H47NO4. The highest BCUT2D eigenvalue weighted by molar-refractivity contribution is 5.69. The van der Waals surface area contributed by atoms with E-state index in [-0.39, 0.29) is 12.1 Å². The van der Waals surface area contributed by atoms with Crippen LogP contribution in [0.4, 0.5) is 4.79 Å². The maximum absolute atomic E-state index is 12.2. The van der Waals surface area contributed by atoms with Crippen LogP contribution in [0.3, 0.4) is 0 Å². The molecule has 1 saturated carbocycles. The third kappa shape index (κ3) is 10.4. The van der Waals surface area contributed by atoms with Crippen LogP contribution >= 0.6 is 0 Å². The van der Waals surface area contributed by atoms with Crippen molar-refractivity contribution in [3.8, 4) is 0 Å². The lowest BCUT2D eigenvalue weighted by Crippen LogP contribution is -2.44. The quantitative estimate of drug-likeness (QED) is 0.477. The van der Waals surface area contributed by atoms with Crippen molar-refractivity contribution >= 4 is 12.1 Å². The van der Waals surface area contributed by atoms with E-state index in [0.29, 0.717) is 18.4 Å². The Hall–Kier alpha value is -1.26. The van der Waals surface area contributed by atoms with Crippen LogP contribution in [0.25, 0.3) is 0 Å². The second-order valence-electron chi connectivity index (χ2n) is 8.77. The minimum Gasteiger partial charge on any atom is -0.466 e. The molecule has 2 aliphatic rings. The Morgan fingerprint density at radius 2 is 1.62 bits per heavy atom. The van der Waals surface area contributed by atoms with Gasteiger partial charge < -0.3 is 14.4 Å². The van der Waals surface area contributed by atoms with Gasteiger partial charge in [0.15, 0.2) is 0 Å². The van der Waals surface area contributed by atoms with Crippen molar-refractivity contribution in [2.75, 3.05) is 19.7 Å². The van der Waals surface area contributed by atoms with Gasteiger partial charge in [0.1, 0.15) is 5.60 Å². The number of amides is 1. The number of hydrogen-bond acceptors (Lipinski definition) is 4. The summed E-state index contributed by atoms with van der Waals surface area (Å²) in [5.41, 5.74) is -0.0172. The standard InChI is InChI=1S/C20H35NO4.2C2H6/c1-5-24-17(22)8-6-7-16-9-10-20(15-16)11-13-21(14-12-20)18(23)25-19(2,3)4;2*1-2/h16H,5-15H2,1-4H3;2*1-2H3. The molecule has 172 valence electrons. The van der Waals surface area contributed by atoms with Crippen LogP contribution in [0.15, 0.2) is 0 Å². The molecule has 1 atom stereocenters. The number of rotatable bonds is 5. The van der Waals surface area contributed by atoms with Crippen LogP contribution < -0.4 is 0 Å². The average Bonchev–Trinajstić information content (AvgIpc) is 3.07. The van der Waals surface area contributed by atoms with Crippen LogP contribution in [-0.2, 0) is 14.3 Å². The van der Waals surface area contributed by atoms with E-state index in [2.05, 4.69) is 0 Å². The molecule has 1 aliphatic heterocycles. The molecule has 1 heterocycles. The summed E-state index contributed by atoms with van der Waals surface area (Å²) in [5, 5.41) is 0. The second kappa shape index (κ2) is 13.9. The Labute approximate surface area is 179 Å². The van der Waals surface area contributed by atoms with E-state index < -0.39 is 5.60 Å². The van der Waals surface area contributed by atoms with Gasteiger partial charge in [0.05, 0.1) is 6.61 Å². The number of hydrogen-bond donors (Lipinski definition) is 0. The van der Waals surface area contributed by atoms with Crippen molar-refractivity contribution in [2.45, 2.75) is 112 Å². The Bertz CT molecular complexity index is 462. The molecule has 2 fully saturated rings. The first-order chi connectivity index (χ1) is 13.7. The summed E-state index contributed by atoms with van der Waals surface area (Å²) in [6.45, 7) is 17.7. The van der Waals surface area contributed by atoms with Gasteiger partial charge in [0.2, 0.25) is 0 Å². The minimum atomic E-state index is -0.427. The van der Waals surface area contributed by atoms with Gasteiger partial charge in [-0.1, -0.05) is 27.7 Å². The molecule has 0 N–H and O–H groups in total. The van der Waals surface area contributed by atoms with Crippen LogP contribution in [0.2, 0.25) is 0 Å². The smallest absolute Gasteiger partial charge is 0.410 e. The van der Waals surface area contributed by atoms with Crippen molar-refractivity contribution < 1.29 is 19.1 Å². The van der Waals surface area contributed by atoms with Gasteiger partial charge >= 0.3 is 12.1 Å². The van der Waals surface area contributed by atoms with Crippen molar-refractivity contribution in [1.82, 2.24) is 4.90 Å². The first kappa shape index (κ1) is 27.7. The highest BCUT2D eigenvalue weighted by Gasteiger charge is 2.42. The van der Waals surface area contributed by atoms with Gasteiger partial charge in [-0.25, -0.2) is 4.79 Å². The largest absolute Gasteiger partial charge is 0.466 e. The van der Waals surface area contributed by atoms with Crippen molar-refractivity contribution in [3.63, 3.8) is 0 Å². The summed E-state index contributed by atoms with van der Waals surface area (Å²) < 4.78 is 10.5. The lowest BCUT2D eigenvalue weighted by atomic mass is 9.76. The minimum absolute atomic E-state index is 0.0686. The molecule has 0 aromatic heterocycles. The third-order valence-corrected chi connectivity index (χ3v) is 5.58. The van der Waals surface area contributed by atoms with Gasteiger partial charge in [0, 0.05) is 19.5 Å². The number of likely N-dealkylation sites (tertiary alicyclic amines) is 1. The molecule has 1 saturated heterocycles. The molecule has 2 rings (SSSR count). The van der Waals surface area contributed by atoms with Crippen LogP contribution in [0.5, 0.6) is 0 Å². The Kier molecular flexibility index (Phi) is 13.3. The normalized spacial score (nSPS) is 20.1. The molecule has 0 aromatic rings. The Morgan fingerprint density at radius 1 is 1.03 bits per heavy atom. The molecule has 0 bridgehead atoms. The van der Waals surface area contributed by atoms with Gasteiger partial charge in [-0.15, -0.1) is 0 Å². The molecule has 1 unspecified atom stereocenters. The summed E-state index contributed by atoms with van der Waals surface area (Å²) in [7, 11) is 0. The fourth-order valence-electron chi connectivity index (χ4n) is 4.29. The van der Waals surface area contributed by atoms with Gasteiger partial charge in [-0.05, 0) is 84.0 Å². The van der Waals surface area contributed by atoms with Gasteiger partial charge in [-0.2, -0.15) is 0 Å². The summed E-state index contributed by atoms with van der Waals surface area (Å²) in [5.74, 6) is 0.656. The first-order valence-electron chi connectivity index (χ1n) is 11.9. The number of carbonyl (C=O) groups is 2. The Balaban J connectivity index is 0.00000184. The predicted molar refractivity (Wildman–Crippen MR) is 120 cm³/mol. The Morgan fingerprint density at radius 3 is 2.14 bits per heavy atom. The van der Waals surface area contributed by atoms with Crippen LogP contribution in [-0.4, -0.2) is 42.3 Å². The summed E-state index contributed by atoms with van der Waals surface area (Å²) >= 11 is 0. The predicted octanol–water partition coefficient (Wildman–Crippen LogP) is 6.59. The average molecular weight is 414 g/mol. The van der Waals surface area contributed by atoms with Crippen LogP contribution in [0.1, 0.15) is 107 Å².